The number of amides is 1. The quantitative estimate of drug-likeness (QED) is 0.639. The zero-order valence-electron chi connectivity index (χ0n) is 14.4. The maximum absolute atomic E-state index is 12.2. The van der Waals surface area contributed by atoms with Crippen LogP contribution in [0.4, 0.5) is 5.69 Å². The number of aromatic amines is 1. The van der Waals surface area contributed by atoms with Crippen molar-refractivity contribution in [1.82, 2.24) is 15.2 Å². The molecule has 2 heterocycles. The van der Waals surface area contributed by atoms with E-state index in [1.54, 1.807) is 11.3 Å². The van der Waals surface area contributed by atoms with Crippen molar-refractivity contribution in [1.29, 1.82) is 0 Å². The number of aryl methyl sites for hydroxylation is 3. The number of H-pyrrole nitrogens is 1. The van der Waals surface area contributed by atoms with Crippen molar-refractivity contribution in [2.24, 2.45) is 0 Å². The van der Waals surface area contributed by atoms with Gasteiger partial charge in [0.2, 0.25) is 11.1 Å². The van der Waals surface area contributed by atoms with E-state index in [1.165, 1.54) is 22.2 Å². The number of carbonyl (C=O) groups is 1. The van der Waals surface area contributed by atoms with E-state index >= 15 is 0 Å². The second-order valence-corrected chi connectivity index (χ2v) is 7.91. The molecule has 0 saturated heterocycles. The van der Waals surface area contributed by atoms with Gasteiger partial charge in [-0.15, -0.1) is 16.4 Å². The lowest BCUT2D eigenvalue weighted by Crippen LogP contribution is -2.16. The van der Waals surface area contributed by atoms with E-state index < -0.39 is 0 Å². The van der Waals surface area contributed by atoms with Crippen molar-refractivity contribution in [2.45, 2.75) is 32.3 Å². The van der Waals surface area contributed by atoms with Gasteiger partial charge in [-0.25, -0.2) is 4.98 Å². The van der Waals surface area contributed by atoms with E-state index in [4.69, 9.17) is 0 Å². The Labute approximate surface area is 155 Å². The number of hydrogen-bond donors (Lipinski definition) is 2. The van der Waals surface area contributed by atoms with E-state index in [0.717, 1.165) is 29.1 Å². The van der Waals surface area contributed by atoms with Crippen molar-refractivity contribution in [3.8, 4) is 0 Å². The van der Waals surface area contributed by atoms with Crippen LogP contribution in [-0.4, -0.2) is 26.8 Å². The summed E-state index contributed by atoms with van der Waals surface area (Å²) < 4.78 is 0. The van der Waals surface area contributed by atoms with Gasteiger partial charge in [-0.3, -0.25) is 9.89 Å². The third kappa shape index (κ3) is 4.70. The van der Waals surface area contributed by atoms with Gasteiger partial charge in [-0.05, 0) is 43.3 Å². The molecule has 0 saturated carbocycles. The van der Waals surface area contributed by atoms with Gasteiger partial charge in [-0.2, -0.15) is 0 Å². The first-order valence-electron chi connectivity index (χ1n) is 7.95. The summed E-state index contributed by atoms with van der Waals surface area (Å²) in [5.74, 6) is 1.04. The van der Waals surface area contributed by atoms with E-state index in [1.807, 2.05) is 25.3 Å². The molecule has 5 nitrogen and oxygen atoms in total. The molecular weight excluding hydrogens is 352 g/mol. The highest BCUT2D eigenvalue weighted by molar-refractivity contribution is 7.99. The summed E-state index contributed by atoms with van der Waals surface area (Å²) in [6.45, 7) is 6.07. The predicted octanol–water partition coefficient (Wildman–Crippen LogP) is 4.11. The third-order valence-electron chi connectivity index (χ3n) is 3.71. The molecule has 0 atom stereocenters. The minimum Gasteiger partial charge on any atom is -0.325 e. The van der Waals surface area contributed by atoms with Crippen molar-refractivity contribution < 1.29 is 4.79 Å². The Morgan fingerprint density at radius 3 is 2.72 bits per heavy atom. The number of rotatable bonds is 6. The van der Waals surface area contributed by atoms with E-state index in [-0.39, 0.29) is 11.7 Å². The largest absolute Gasteiger partial charge is 0.325 e. The predicted molar refractivity (Wildman–Crippen MR) is 104 cm³/mol. The van der Waals surface area contributed by atoms with Crippen LogP contribution in [0.1, 0.15) is 27.4 Å². The second kappa shape index (κ2) is 7.84. The highest BCUT2D eigenvalue weighted by Gasteiger charge is 2.11. The van der Waals surface area contributed by atoms with E-state index in [2.05, 4.69) is 45.6 Å². The molecule has 0 aliphatic heterocycles. The Morgan fingerprint density at radius 1 is 1.28 bits per heavy atom. The Hall–Kier alpha value is -2.12. The lowest BCUT2D eigenvalue weighted by atomic mass is 10.1. The standard InChI is InChI=1S/C18H20N4OS2/c1-11-7-12(2)17(13(3)8-11)20-16(23)10-25-18-19-15(21-22-18)9-14-5-4-6-24-14/h4-8H,9-10H2,1-3H3,(H,20,23)(H,19,21,22). The van der Waals surface area contributed by atoms with Crippen LogP contribution in [0, 0.1) is 20.8 Å². The van der Waals surface area contributed by atoms with E-state index in [0.29, 0.717) is 5.16 Å². The first kappa shape index (κ1) is 17.7. The number of nitrogens with zero attached hydrogens (tertiary/aromatic N) is 2. The van der Waals surface area contributed by atoms with Gasteiger partial charge in [-0.1, -0.05) is 35.5 Å². The van der Waals surface area contributed by atoms with Crippen LogP contribution in [0.3, 0.4) is 0 Å². The number of hydrogen-bond acceptors (Lipinski definition) is 5. The zero-order valence-corrected chi connectivity index (χ0v) is 16.1. The fraction of sp³-hybridized carbons (Fsp3) is 0.278. The average molecular weight is 373 g/mol. The fourth-order valence-electron chi connectivity index (χ4n) is 2.68. The van der Waals surface area contributed by atoms with Gasteiger partial charge >= 0.3 is 0 Å². The number of nitrogens with one attached hydrogen (secondary N) is 2. The highest BCUT2D eigenvalue weighted by atomic mass is 32.2. The molecule has 0 aliphatic rings. The Morgan fingerprint density at radius 2 is 2.04 bits per heavy atom. The number of benzene rings is 1. The molecule has 0 spiro atoms. The van der Waals surface area contributed by atoms with Crippen LogP contribution in [0.15, 0.2) is 34.8 Å². The normalized spacial score (nSPS) is 10.8. The summed E-state index contributed by atoms with van der Waals surface area (Å²) in [5.41, 5.74) is 4.24. The lowest BCUT2D eigenvalue weighted by Gasteiger charge is -2.12. The average Bonchev–Trinajstić information content (AvgIpc) is 3.21. The van der Waals surface area contributed by atoms with Crippen molar-refractivity contribution in [2.75, 3.05) is 11.1 Å². The lowest BCUT2D eigenvalue weighted by molar-refractivity contribution is -0.113. The van der Waals surface area contributed by atoms with Crippen LogP contribution in [0.5, 0.6) is 0 Å². The van der Waals surface area contributed by atoms with Gasteiger partial charge in [0.05, 0.1) is 5.75 Å². The van der Waals surface area contributed by atoms with Gasteiger partial charge in [0.1, 0.15) is 5.82 Å². The molecule has 7 heteroatoms. The molecule has 0 unspecified atom stereocenters. The summed E-state index contributed by atoms with van der Waals surface area (Å²) in [7, 11) is 0. The van der Waals surface area contributed by atoms with Crippen molar-refractivity contribution in [3.05, 3.63) is 57.0 Å². The molecule has 0 fully saturated rings. The van der Waals surface area contributed by atoms with Gasteiger partial charge in [0.15, 0.2) is 0 Å². The first-order chi connectivity index (χ1) is 12.0. The molecule has 3 rings (SSSR count). The van der Waals surface area contributed by atoms with Gasteiger partial charge in [0.25, 0.3) is 0 Å². The number of anilines is 1. The first-order valence-corrected chi connectivity index (χ1v) is 9.82. The molecule has 1 amide bonds. The number of thiophene rings is 1. The molecule has 1 aromatic carbocycles. The van der Waals surface area contributed by atoms with Crippen LogP contribution in [-0.2, 0) is 11.2 Å². The fourth-order valence-corrected chi connectivity index (χ4v) is 4.01. The molecule has 130 valence electrons. The van der Waals surface area contributed by atoms with Gasteiger partial charge in [0, 0.05) is 17.0 Å². The van der Waals surface area contributed by atoms with Crippen LogP contribution in [0.25, 0.3) is 0 Å². The third-order valence-corrected chi connectivity index (χ3v) is 5.43. The van der Waals surface area contributed by atoms with Crippen LogP contribution >= 0.6 is 23.1 Å². The summed E-state index contributed by atoms with van der Waals surface area (Å²) in [4.78, 5) is 17.9. The summed E-state index contributed by atoms with van der Waals surface area (Å²) in [5, 5.41) is 12.7. The molecular formula is C18H20N4OS2. The Bertz CT molecular complexity index is 848. The summed E-state index contributed by atoms with van der Waals surface area (Å²) >= 11 is 3.03. The number of thioether (sulfide) groups is 1. The molecule has 0 aliphatic carbocycles. The maximum atomic E-state index is 12.2. The molecule has 0 bridgehead atoms. The second-order valence-electron chi connectivity index (χ2n) is 5.93. The molecule has 25 heavy (non-hydrogen) atoms. The van der Waals surface area contributed by atoms with Crippen molar-refractivity contribution in [3.63, 3.8) is 0 Å². The monoisotopic (exact) mass is 372 g/mol. The van der Waals surface area contributed by atoms with Crippen LogP contribution in [0.2, 0.25) is 0 Å². The molecule has 2 N–H and O–H groups in total. The van der Waals surface area contributed by atoms with Crippen molar-refractivity contribution >= 4 is 34.7 Å². The minimum absolute atomic E-state index is 0.0512. The topological polar surface area (TPSA) is 70.7 Å². The zero-order chi connectivity index (χ0) is 17.8. The Kier molecular flexibility index (Phi) is 5.55. The highest BCUT2D eigenvalue weighted by Crippen LogP contribution is 2.23. The molecule has 0 radical (unpaired) electrons. The summed E-state index contributed by atoms with van der Waals surface area (Å²) in [6, 6.07) is 8.23. The molecule has 2 aromatic heterocycles. The van der Waals surface area contributed by atoms with Gasteiger partial charge < -0.3 is 5.32 Å². The number of aromatic nitrogens is 3. The number of carbonyl (C=O) groups excluding carboxylic acids is 1. The summed E-state index contributed by atoms with van der Waals surface area (Å²) in [6.07, 6.45) is 0.735. The minimum atomic E-state index is -0.0512. The van der Waals surface area contributed by atoms with Crippen LogP contribution < -0.4 is 5.32 Å². The molecule has 3 aromatic rings. The van der Waals surface area contributed by atoms with E-state index in [9.17, 15) is 4.79 Å². The SMILES string of the molecule is Cc1cc(C)c(NC(=O)CSc2n[nH]c(Cc3cccs3)n2)c(C)c1. The smallest absolute Gasteiger partial charge is 0.234 e. The maximum Gasteiger partial charge on any atom is 0.234 e. The Balaban J connectivity index is 1.55.